The first-order valence-corrected chi connectivity index (χ1v) is 6.60. The molecule has 0 spiro atoms. The highest BCUT2D eigenvalue weighted by Crippen LogP contribution is 2.38. The van der Waals surface area contributed by atoms with Gasteiger partial charge in [-0.15, -0.1) is 0 Å². The van der Waals surface area contributed by atoms with E-state index in [1.54, 1.807) is 4.57 Å². The molecule has 0 saturated heterocycles. The predicted octanol–water partition coefficient (Wildman–Crippen LogP) is -1.35. The first-order chi connectivity index (χ1) is 9.63. The van der Waals surface area contributed by atoms with E-state index in [-0.39, 0.29) is 19.1 Å². The van der Waals surface area contributed by atoms with Crippen molar-refractivity contribution < 1.29 is 20.4 Å². The fraction of sp³-hybridized carbons (Fsp3) is 0.667. The van der Waals surface area contributed by atoms with E-state index in [4.69, 9.17) is 0 Å². The van der Waals surface area contributed by atoms with Crippen molar-refractivity contribution >= 4 is 12.2 Å². The van der Waals surface area contributed by atoms with E-state index < -0.39 is 24.4 Å². The number of nitrogens with one attached hydrogen (secondary N) is 1. The third kappa shape index (κ3) is 2.01. The summed E-state index contributed by atoms with van der Waals surface area (Å²) in [6, 6.07) is -0.399. The van der Waals surface area contributed by atoms with Crippen LogP contribution in [0.2, 0.25) is 0 Å². The second-order valence-electron chi connectivity index (χ2n) is 5.27. The van der Waals surface area contributed by atoms with Crippen LogP contribution in [0.3, 0.4) is 0 Å². The minimum Gasteiger partial charge on any atom is -0.396 e. The number of imidazole rings is 1. The van der Waals surface area contributed by atoms with Gasteiger partial charge in [0.2, 0.25) is 0 Å². The molecule has 0 radical (unpaired) electrons. The fourth-order valence-electron chi connectivity index (χ4n) is 2.92. The first-order valence-electron chi connectivity index (χ1n) is 6.60. The summed E-state index contributed by atoms with van der Waals surface area (Å²) in [4.78, 5) is 8.15. The van der Waals surface area contributed by atoms with Crippen LogP contribution in [0.4, 0.5) is 5.82 Å². The maximum atomic E-state index is 10.1. The number of rotatable bonds is 2. The Kier molecular flexibility index (Phi) is 3.47. The highest BCUT2D eigenvalue weighted by atomic mass is 16.3. The second kappa shape index (κ2) is 5.13. The molecule has 1 aromatic heterocycles. The molecule has 2 aliphatic rings. The van der Waals surface area contributed by atoms with Crippen molar-refractivity contribution in [2.45, 2.75) is 30.8 Å². The van der Waals surface area contributed by atoms with Gasteiger partial charge in [-0.1, -0.05) is 0 Å². The van der Waals surface area contributed by atoms with Crippen molar-refractivity contribution in [1.82, 2.24) is 9.55 Å². The largest absolute Gasteiger partial charge is 0.396 e. The Morgan fingerprint density at radius 1 is 1.30 bits per heavy atom. The summed E-state index contributed by atoms with van der Waals surface area (Å²) < 4.78 is 1.69. The smallest absolute Gasteiger partial charge is 0.137 e. The fourth-order valence-corrected chi connectivity index (χ4v) is 2.92. The van der Waals surface area contributed by atoms with Crippen LogP contribution in [-0.2, 0) is 0 Å². The molecule has 0 bridgehead atoms. The number of hydrogen-bond acceptors (Lipinski definition) is 7. The van der Waals surface area contributed by atoms with Gasteiger partial charge in [-0.2, -0.15) is 0 Å². The Balaban J connectivity index is 1.94. The van der Waals surface area contributed by atoms with Crippen LogP contribution in [0, 0.1) is 5.92 Å². The number of hydrogen-bond donors (Lipinski definition) is 5. The van der Waals surface area contributed by atoms with Gasteiger partial charge in [0.1, 0.15) is 23.7 Å². The summed E-state index contributed by atoms with van der Waals surface area (Å²) in [5.74, 6) is 0.200. The van der Waals surface area contributed by atoms with Crippen LogP contribution < -0.4 is 5.32 Å². The molecular weight excluding hydrogens is 264 g/mol. The third-order valence-corrected chi connectivity index (χ3v) is 4.07. The van der Waals surface area contributed by atoms with Gasteiger partial charge >= 0.3 is 0 Å². The van der Waals surface area contributed by atoms with Crippen LogP contribution in [0.15, 0.2) is 11.3 Å². The zero-order valence-electron chi connectivity index (χ0n) is 10.8. The normalized spacial score (nSPS) is 36.5. The van der Waals surface area contributed by atoms with Crippen molar-refractivity contribution in [2.24, 2.45) is 10.9 Å². The molecular formula is C12H18N4O4. The summed E-state index contributed by atoms with van der Waals surface area (Å²) in [6.45, 7) is 0.0508. The minimum absolute atomic E-state index is 0.177. The van der Waals surface area contributed by atoms with E-state index in [9.17, 15) is 20.4 Å². The Labute approximate surface area is 115 Å². The second-order valence-corrected chi connectivity index (χ2v) is 5.27. The monoisotopic (exact) mass is 282 g/mol. The van der Waals surface area contributed by atoms with Crippen LogP contribution >= 0.6 is 0 Å². The molecule has 1 unspecified atom stereocenters. The lowest BCUT2D eigenvalue weighted by Crippen LogP contribution is -2.30. The van der Waals surface area contributed by atoms with Gasteiger partial charge in [-0.05, 0) is 6.42 Å². The van der Waals surface area contributed by atoms with Gasteiger partial charge in [-0.3, -0.25) is 4.99 Å². The molecule has 1 fully saturated rings. The van der Waals surface area contributed by atoms with E-state index in [0.29, 0.717) is 17.9 Å². The van der Waals surface area contributed by atoms with Crippen molar-refractivity contribution in [2.75, 3.05) is 18.5 Å². The number of aliphatic hydroxyl groups is 4. The number of aromatic nitrogens is 2. The number of nitrogens with zero attached hydrogens (tertiary/aromatic N) is 3. The van der Waals surface area contributed by atoms with Gasteiger partial charge in [-0.25, -0.2) is 4.98 Å². The number of aliphatic hydroxyl groups excluding tert-OH is 4. The first kappa shape index (κ1) is 13.5. The number of fused-ring (bicyclic) bond motifs is 1. The van der Waals surface area contributed by atoms with Crippen molar-refractivity contribution in [3.63, 3.8) is 0 Å². The molecule has 1 aliphatic carbocycles. The highest BCUT2D eigenvalue weighted by Gasteiger charge is 2.43. The van der Waals surface area contributed by atoms with Gasteiger partial charge in [0.15, 0.2) is 0 Å². The molecule has 1 aliphatic heterocycles. The van der Waals surface area contributed by atoms with E-state index in [1.165, 1.54) is 12.7 Å². The molecule has 110 valence electrons. The number of anilines is 1. The average Bonchev–Trinajstić information content (AvgIpc) is 2.92. The summed E-state index contributed by atoms with van der Waals surface area (Å²) in [7, 11) is 0. The van der Waals surface area contributed by atoms with Gasteiger partial charge in [0.25, 0.3) is 0 Å². The molecule has 8 heteroatoms. The third-order valence-electron chi connectivity index (χ3n) is 4.07. The molecule has 3 rings (SSSR count). The lowest BCUT2D eigenvalue weighted by atomic mass is 10.1. The highest BCUT2D eigenvalue weighted by molar-refractivity contribution is 5.76. The van der Waals surface area contributed by atoms with Gasteiger partial charge in [0.05, 0.1) is 31.4 Å². The molecule has 20 heavy (non-hydrogen) atoms. The summed E-state index contributed by atoms with van der Waals surface area (Å²) in [5, 5.41) is 42.1. The van der Waals surface area contributed by atoms with Gasteiger partial charge < -0.3 is 30.3 Å². The predicted molar refractivity (Wildman–Crippen MR) is 70.4 cm³/mol. The SMILES string of the molecule is OC[C@H]1C[C@@H](n2cnc3c2NC=NCC3O)[C@H](O)[C@@H]1O. The maximum Gasteiger partial charge on any atom is 0.137 e. The van der Waals surface area contributed by atoms with Gasteiger partial charge in [0, 0.05) is 12.5 Å². The molecule has 1 aromatic rings. The summed E-state index contributed by atoms with van der Waals surface area (Å²) >= 11 is 0. The summed E-state index contributed by atoms with van der Waals surface area (Å²) in [5.41, 5.74) is 0.469. The Bertz CT molecular complexity index is 518. The zero-order chi connectivity index (χ0) is 14.3. The van der Waals surface area contributed by atoms with Crippen LogP contribution in [0.1, 0.15) is 24.3 Å². The van der Waals surface area contributed by atoms with E-state index in [0.717, 1.165) is 0 Å². The molecule has 1 saturated carbocycles. The van der Waals surface area contributed by atoms with E-state index in [2.05, 4.69) is 15.3 Å². The van der Waals surface area contributed by atoms with Crippen molar-refractivity contribution in [1.29, 1.82) is 0 Å². The molecule has 0 aromatic carbocycles. The van der Waals surface area contributed by atoms with Crippen LogP contribution in [-0.4, -0.2) is 61.7 Å². The topological polar surface area (TPSA) is 123 Å². The average molecular weight is 282 g/mol. The van der Waals surface area contributed by atoms with E-state index in [1.807, 2.05) is 0 Å². The number of aliphatic imine (C=N–C) groups is 1. The quantitative estimate of drug-likeness (QED) is 0.457. The standard InChI is InChI=1S/C12H18N4O4/c17-3-6-1-7(11(20)10(6)19)16-5-15-9-8(18)2-13-4-14-12(9)16/h4-8,10-11,17-20H,1-3H2,(H,13,14)/t6-,7-,8?,10-,11+/m1/s1. The maximum absolute atomic E-state index is 10.1. The lowest BCUT2D eigenvalue weighted by Gasteiger charge is -2.20. The molecule has 5 N–H and O–H groups in total. The van der Waals surface area contributed by atoms with E-state index >= 15 is 0 Å². The summed E-state index contributed by atoms with van der Waals surface area (Å²) in [6.07, 6.45) is 0.706. The zero-order valence-corrected chi connectivity index (χ0v) is 10.8. The molecule has 0 amide bonds. The van der Waals surface area contributed by atoms with Crippen LogP contribution in [0.25, 0.3) is 0 Å². The lowest BCUT2D eigenvalue weighted by molar-refractivity contribution is -0.00386. The molecule has 8 nitrogen and oxygen atoms in total. The minimum atomic E-state index is -0.982. The van der Waals surface area contributed by atoms with Crippen LogP contribution in [0.5, 0.6) is 0 Å². The Hall–Kier alpha value is -1.48. The van der Waals surface area contributed by atoms with Crippen molar-refractivity contribution in [3.05, 3.63) is 12.0 Å². The Morgan fingerprint density at radius 2 is 2.10 bits per heavy atom. The van der Waals surface area contributed by atoms with Crippen molar-refractivity contribution in [3.8, 4) is 0 Å². The molecule has 5 atom stereocenters. The molecule has 2 heterocycles. The Morgan fingerprint density at radius 3 is 2.80 bits per heavy atom.